The average molecular weight is 489 g/mol. The van der Waals surface area contributed by atoms with Crippen molar-refractivity contribution in [3.05, 3.63) is 39.5 Å². The Balaban J connectivity index is 0.000000213. The molecule has 178 valence electrons. The van der Waals surface area contributed by atoms with Crippen molar-refractivity contribution in [2.24, 2.45) is 10.9 Å². The summed E-state index contributed by atoms with van der Waals surface area (Å²) in [5.74, 6) is -3.81. The number of carbonyl (C=O) groups is 1. The molecule has 4 rings (SSSR count). The topological polar surface area (TPSA) is 226 Å². The second-order valence-electron chi connectivity index (χ2n) is 7.95. The lowest BCUT2D eigenvalue weighted by atomic mass is 9.96. The summed E-state index contributed by atoms with van der Waals surface area (Å²) in [4.78, 5) is 12.5. The van der Waals surface area contributed by atoms with Gasteiger partial charge in [-0.1, -0.05) is 0 Å². The SMILES string of the molecule is CC(C)(O)c1ncc(S(N)=O)s1.NC=O.Nc1c2c(cc3c1CCC3(O)O)C(O)(O)CC2. The van der Waals surface area contributed by atoms with E-state index < -0.39 is 28.2 Å². The number of fused-ring (bicyclic) bond motifs is 2. The molecule has 0 radical (unpaired) electrons. The summed E-state index contributed by atoms with van der Waals surface area (Å²) in [6.07, 6.45) is 3.07. The van der Waals surface area contributed by atoms with E-state index in [1.807, 2.05) is 0 Å². The fraction of sp³-hybridized carbons (Fsp3) is 0.474. The summed E-state index contributed by atoms with van der Waals surface area (Å²) in [5.41, 5.74) is 11.7. The molecule has 0 aliphatic heterocycles. The van der Waals surface area contributed by atoms with Crippen molar-refractivity contribution in [1.82, 2.24) is 4.98 Å². The number of aliphatic hydroxyl groups is 5. The number of primary amides is 1. The van der Waals surface area contributed by atoms with Crippen LogP contribution < -0.4 is 16.6 Å². The zero-order valence-corrected chi connectivity index (χ0v) is 19.2. The van der Waals surface area contributed by atoms with Gasteiger partial charge in [0.2, 0.25) is 6.41 Å². The summed E-state index contributed by atoms with van der Waals surface area (Å²) in [6.45, 7) is 3.24. The van der Waals surface area contributed by atoms with Crippen LogP contribution in [-0.2, 0) is 45.8 Å². The number of amides is 1. The molecule has 11 nitrogen and oxygen atoms in total. The fourth-order valence-electron chi connectivity index (χ4n) is 3.55. The Morgan fingerprint density at radius 3 is 1.88 bits per heavy atom. The molecule has 32 heavy (non-hydrogen) atoms. The van der Waals surface area contributed by atoms with Crippen molar-refractivity contribution in [1.29, 1.82) is 0 Å². The highest BCUT2D eigenvalue weighted by atomic mass is 32.2. The average Bonchev–Trinajstić information content (AvgIpc) is 3.34. The first-order valence-corrected chi connectivity index (χ1v) is 11.5. The first-order valence-electron chi connectivity index (χ1n) is 9.50. The number of aromatic nitrogens is 1. The van der Waals surface area contributed by atoms with E-state index in [1.165, 1.54) is 12.3 Å². The number of anilines is 1. The summed E-state index contributed by atoms with van der Waals surface area (Å²) in [5, 5.41) is 54.4. The lowest BCUT2D eigenvalue weighted by molar-refractivity contribution is -0.170. The van der Waals surface area contributed by atoms with Gasteiger partial charge in [0.1, 0.15) is 25.8 Å². The lowest BCUT2D eigenvalue weighted by Gasteiger charge is -2.21. The second-order valence-corrected chi connectivity index (χ2v) is 10.3. The summed E-state index contributed by atoms with van der Waals surface area (Å²) in [7, 11) is -1.50. The van der Waals surface area contributed by atoms with Crippen LogP contribution in [0.2, 0.25) is 0 Å². The van der Waals surface area contributed by atoms with E-state index in [0.717, 1.165) is 22.5 Å². The zero-order valence-electron chi connectivity index (χ0n) is 17.6. The summed E-state index contributed by atoms with van der Waals surface area (Å²) >= 11 is 1.16. The van der Waals surface area contributed by atoms with Crippen molar-refractivity contribution in [3.63, 3.8) is 0 Å². The van der Waals surface area contributed by atoms with Crippen LogP contribution >= 0.6 is 11.3 Å². The summed E-state index contributed by atoms with van der Waals surface area (Å²) in [6, 6.07) is 1.47. The molecular formula is C19H28N4O7S2. The third-order valence-electron chi connectivity index (χ3n) is 5.11. The highest BCUT2D eigenvalue weighted by Crippen LogP contribution is 2.46. The van der Waals surface area contributed by atoms with Crippen LogP contribution in [0.4, 0.5) is 5.69 Å². The minimum Gasteiger partial charge on any atom is -0.398 e. The number of nitrogens with zero attached hydrogens (tertiary/aromatic N) is 1. The normalized spacial score (nSPS) is 18.4. The maximum atomic E-state index is 10.8. The van der Waals surface area contributed by atoms with Crippen LogP contribution in [0.5, 0.6) is 0 Å². The molecule has 2 aromatic rings. The number of hydrogen-bond donors (Lipinski definition) is 8. The van der Waals surface area contributed by atoms with Crippen molar-refractivity contribution >= 4 is 34.4 Å². The Morgan fingerprint density at radius 2 is 1.56 bits per heavy atom. The number of nitrogen functional groups attached to an aromatic ring is 1. The fourth-order valence-corrected chi connectivity index (χ4v) is 4.92. The van der Waals surface area contributed by atoms with Gasteiger partial charge in [-0.05, 0) is 43.9 Å². The van der Waals surface area contributed by atoms with Crippen molar-refractivity contribution in [2.45, 2.75) is 60.9 Å². The highest BCUT2D eigenvalue weighted by molar-refractivity contribution is 7.85. The smallest absolute Gasteiger partial charge is 0.204 e. The van der Waals surface area contributed by atoms with Gasteiger partial charge >= 0.3 is 0 Å². The molecule has 1 aromatic carbocycles. The molecule has 0 saturated heterocycles. The van der Waals surface area contributed by atoms with Gasteiger partial charge < -0.3 is 37.0 Å². The number of carbonyl (C=O) groups excluding carboxylic acids is 1. The van der Waals surface area contributed by atoms with E-state index in [1.54, 1.807) is 13.8 Å². The first-order chi connectivity index (χ1) is 14.7. The molecule has 1 amide bonds. The molecule has 0 bridgehead atoms. The predicted octanol–water partition coefficient (Wildman–Crippen LogP) is -1.11. The lowest BCUT2D eigenvalue weighted by Crippen LogP contribution is -2.24. The largest absolute Gasteiger partial charge is 0.398 e. The number of benzene rings is 1. The molecule has 1 aromatic heterocycles. The predicted molar refractivity (Wildman–Crippen MR) is 118 cm³/mol. The third-order valence-corrected chi connectivity index (χ3v) is 7.45. The molecule has 13 heteroatoms. The molecular weight excluding hydrogens is 460 g/mol. The van der Waals surface area contributed by atoms with Gasteiger partial charge in [0, 0.05) is 29.7 Å². The van der Waals surface area contributed by atoms with Gasteiger partial charge in [-0.15, -0.1) is 11.3 Å². The molecule has 1 atom stereocenters. The van der Waals surface area contributed by atoms with E-state index >= 15 is 0 Å². The number of rotatable bonds is 2. The third kappa shape index (κ3) is 5.50. The van der Waals surface area contributed by atoms with Gasteiger partial charge in [-0.25, -0.2) is 14.3 Å². The van der Waals surface area contributed by atoms with Gasteiger partial charge in [0.05, 0.1) is 6.20 Å². The standard InChI is InChI=1S/C12H15NO4.C6H10N2O2S2.CH3NO/c13-10-6-1-3-11(14,15)8(6)5-9-7(10)2-4-12(9,16)17;1-6(2,9)5-8-3-4(11-5)12(7)10;2-1-3/h5,14-17H,1-4,13H2;3,9H,7H2,1-2H3;1H,(H2,2,3). The Kier molecular flexibility index (Phi) is 7.79. The van der Waals surface area contributed by atoms with Crippen LogP contribution in [0, 0.1) is 0 Å². The number of hydrogen-bond acceptors (Lipinski definition) is 10. The maximum absolute atomic E-state index is 10.8. The maximum Gasteiger partial charge on any atom is 0.204 e. The van der Waals surface area contributed by atoms with Crippen LogP contribution in [0.15, 0.2) is 16.5 Å². The van der Waals surface area contributed by atoms with E-state index in [0.29, 0.717) is 38.9 Å². The van der Waals surface area contributed by atoms with E-state index in [4.69, 9.17) is 15.7 Å². The highest BCUT2D eigenvalue weighted by Gasteiger charge is 2.42. The molecule has 2 aliphatic carbocycles. The van der Waals surface area contributed by atoms with Gasteiger partial charge in [0.25, 0.3) is 0 Å². The van der Waals surface area contributed by atoms with Crippen LogP contribution in [-0.4, -0.2) is 41.1 Å². The number of nitrogens with two attached hydrogens (primary N) is 3. The second kappa shape index (κ2) is 9.49. The molecule has 11 N–H and O–H groups in total. The minimum absolute atomic E-state index is 0.194. The van der Waals surface area contributed by atoms with Crippen LogP contribution in [0.1, 0.15) is 54.0 Å². The van der Waals surface area contributed by atoms with Crippen molar-refractivity contribution in [2.75, 3.05) is 5.73 Å². The molecule has 0 saturated carbocycles. The zero-order chi connectivity index (χ0) is 24.5. The van der Waals surface area contributed by atoms with Crippen LogP contribution in [0.3, 0.4) is 0 Å². The molecule has 2 aliphatic rings. The Morgan fingerprint density at radius 1 is 1.12 bits per heavy atom. The van der Waals surface area contributed by atoms with Gasteiger partial charge in [-0.3, -0.25) is 4.79 Å². The Labute approximate surface area is 191 Å². The Bertz CT molecular complexity index is 974. The van der Waals surface area contributed by atoms with Gasteiger partial charge in [0.15, 0.2) is 11.6 Å². The molecule has 0 spiro atoms. The van der Waals surface area contributed by atoms with E-state index in [2.05, 4.69) is 10.7 Å². The van der Waals surface area contributed by atoms with Crippen molar-refractivity contribution in [3.8, 4) is 0 Å². The summed E-state index contributed by atoms with van der Waals surface area (Å²) < 4.78 is 11.2. The Hall–Kier alpha value is -1.97. The quantitative estimate of drug-likeness (QED) is 0.145. The number of thiazole rings is 1. The molecule has 1 unspecified atom stereocenters. The van der Waals surface area contributed by atoms with E-state index in [-0.39, 0.29) is 19.3 Å². The van der Waals surface area contributed by atoms with Crippen molar-refractivity contribution < 1.29 is 34.5 Å². The monoisotopic (exact) mass is 488 g/mol. The van der Waals surface area contributed by atoms with Crippen LogP contribution in [0.25, 0.3) is 0 Å². The molecule has 1 heterocycles. The van der Waals surface area contributed by atoms with Gasteiger partial charge in [-0.2, -0.15) is 0 Å². The first kappa shape index (κ1) is 26.3. The van der Waals surface area contributed by atoms with E-state index in [9.17, 15) is 29.7 Å². The minimum atomic E-state index is -1.91. The molecule has 0 fully saturated rings.